The fraction of sp³-hybridized carbons (Fsp3) is 0.0714. The van der Waals surface area contributed by atoms with Crippen molar-refractivity contribution >= 4 is 23.1 Å². The molecule has 2 aromatic heterocycles. The van der Waals surface area contributed by atoms with Gasteiger partial charge >= 0.3 is 6.03 Å². The molecule has 0 radical (unpaired) electrons. The number of benzene rings is 1. The van der Waals surface area contributed by atoms with E-state index in [4.69, 9.17) is 0 Å². The average Bonchev–Trinajstić information content (AvgIpc) is 3.18. The van der Waals surface area contributed by atoms with E-state index in [1.54, 1.807) is 22.2 Å². The SMILES string of the molecule is O=C(NCc1cn(-c2ccsc2)nn1)Nc1ccc(F)cc1. The largest absolute Gasteiger partial charge is 0.332 e. The smallest absolute Gasteiger partial charge is 0.319 e. The Balaban J connectivity index is 1.54. The normalized spacial score (nSPS) is 10.4. The van der Waals surface area contributed by atoms with E-state index < -0.39 is 6.03 Å². The molecule has 0 aliphatic carbocycles. The molecule has 6 nitrogen and oxygen atoms in total. The summed E-state index contributed by atoms with van der Waals surface area (Å²) >= 11 is 1.57. The summed E-state index contributed by atoms with van der Waals surface area (Å²) in [5.41, 5.74) is 2.08. The number of halogens is 1. The Morgan fingerprint density at radius 1 is 1.27 bits per heavy atom. The third-order valence-corrected chi connectivity index (χ3v) is 3.51. The maximum absolute atomic E-state index is 12.8. The molecular weight excluding hydrogens is 305 g/mol. The third-order valence-electron chi connectivity index (χ3n) is 2.84. The first-order chi connectivity index (χ1) is 10.7. The average molecular weight is 317 g/mol. The van der Waals surface area contributed by atoms with Crippen LogP contribution in [-0.2, 0) is 6.54 Å². The number of anilines is 1. The molecule has 2 N–H and O–H groups in total. The van der Waals surface area contributed by atoms with Crippen molar-refractivity contribution in [1.29, 1.82) is 0 Å². The van der Waals surface area contributed by atoms with E-state index in [1.807, 2.05) is 16.8 Å². The quantitative estimate of drug-likeness (QED) is 0.777. The molecule has 3 rings (SSSR count). The summed E-state index contributed by atoms with van der Waals surface area (Å²) in [5, 5.41) is 17.1. The van der Waals surface area contributed by atoms with Gasteiger partial charge in [0.1, 0.15) is 11.5 Å². The van der Waals surface area contributed by atoms with Crippen molar-refractivity contribution in [2.45, 2.75) is 6.54 Å². The number of carbonyl (C=O) groups is 1. The summed E-state index contributed by atoms with van der Waals surface area (Å²) in [7, 11) is 0. The van der Waals surface area contributed by atoms with Gasteiger partial charge in [-0.05, 0) is 35.7 Å². The van der Waals surface area contributed by atoms with Crippen LogP contribution in [0.15, 0.2) is 47.3 Å². The number of nitrogens with one attached hydrogen (secondary N) is 2. The van der Waals surface area contributed by atoms with Crippen LogP contribution in [0.2, 0.25) is 0 Å². The topological polar surface area (TPSA) is 71.8 Å². The highest BCUT2D eigenvalue weighted by atomic mass is 32.1. The van der Waals surface area contributed by atoms with Crippen molar-refractivity contribution in [2.75, 3.05) is 5.32 Å². The van der Waals surface area contributed by atoms with E-state index >= 15 is 0 Å². The number of amides is 2. The number of thiophene rings is 1. The highest BCUT2D eigenvalue weighted by Crippen LogP contribution is 2.11. The molecule has 0 aliphatic heterocycles. The molecule has 2 amide bonds. The second-order valence-corrected chi connectivity index (χ2v) is 5.23. The zero-order chi connectivity index (χ0) is 15.4. The maximum atomic E-state index is 12.8. The van der Waals surface area contributed by atoms with Gasteiger partial charge in [0.2, 0.25) is 0 Å². The van der Waals surface area contributed by atoms with Crippen LogP contribution in [0, 0.1) is 5.82 Å². The standard InChI is InChI=1S/C14H12FN5OS/c15-10-1-3-11(4-2-10)17-14(21)16-7-12-8-20(19-18-12)13-5-6-22-9-13/h1-6,8-9H,7H2,(H2,16,17,21). The molecule has 0 saturated carbocycles. The maximum Gasteiger partial charge on any atom is 0.319 e. The Bertz CT molecular complexity index is 754. The number of hydrogen-bond donors (Lipinski definition) is 2. The van der Waals surface area contributed by atoms with Crippen molar-refractivity contribution in [3.8, 4) is 5.69 Å². The van der Waals surface area contributed by atoms with Gasteiger partial charge < -0.3 is 10.6 Å². The summed E-state index contributed by atoms with van der Waals surface area (Å²) < 4.78 is 14.4. The lowest BCUT2D eigenvalue weighted by Crippen LogP contribution is -2.28. The molecule has 2 heterocycles. The summed E-state index contributed by atoms with van der Waals surface area (Å²) in [6.07, 6.45) is 1.75. The minimum Gasteiger partial charge on any atom is -0.332 e. The highest BCUT2D eigenvalue weighted by molar-refractivity contribution is 7.08. The number of nitrogens with zero attached hydrogens (tertiary/aromatic N) is 3. The van der Waals surface area contributed by atoms with Crippen LogP contribution in [0.4, 0.5) is 14.9 Å². The Kier molecular flexibility index (Phi) is 4.10. The molecule has 0 saturated heterocycles. The number of rotatable bonds is 4. The van der Waals surface area contributed by atoms with E-state index in [9.17, 15) is 9.18 Å². The minimum atomic E-state index is -0.392. The van der Waals surface area contributed by atoms with Gasteiger partial charge in [-0.1, -0.05) is 5.21 Å². The van der Waals surface area contributed by atoms with Gasteiger partial charge in [0.05, 0.1) is 18.4 Å². The Hall–Kier alpha value is -2.74. The van der Waals surface area contributed by atoms with E-state index in [-0.39, 0.29) is 12.4 Å². The molecule has 8 heteroatoms. The fourth-order valence-corrected chi connectivity index (χ4v) is 2.40. The van der Waals surface area contributed by atoms with Crippen LogP contribution in [-0.4, -0.2) is 21.0 Å². The summed E-state index contributed by atoms with van der Waals surface area (Å²) in [5.74, 6) is -0.351. The van der Waals surface area contributed by atoms with E-state index in [0.717, 1.165) is 5.69 Å². The van der Waals surface area contributed by atoms with Gasteiger partial charge in [-0.3, -0.25) is 0 Å². The van der Waals surface area contributed by atoms with Gasteiger partial charge in [-0.15, -0.1) is 5.10 Å². The number of aromatic nitrogens is 3. The van der Waals surface area contributed by atoms with Crippen molar-refractivity contribution in [3.05, 3.63) is 58.8 Å². The monoisotopic (exact) mass is 317 g/mol. The number of urea groups is 1. The molecule has 0 spiro atoms. The molecule has 3 aromatic rings. The van der Waals surface area contributed by atoms with Crippen LogP contribution >= 0.6 is 11.3 Å². The van der Waals surface area contributed by atoms with Crippen molar-refractivity contribution in [3.63, 3.8) is 0 Å². The predicted octanol–water partition coefficient (Wildman–Crippen LogP) is 2.79. The minimum absolute atomic E-state index is 0.247. The van der Waals surface area contributed by atoms with Gasteiger partial charge in [0, 0.05) is 11.1 Å². The molecular formula is C14H12FN5OS. The van der Waals surface area contributed by atoms with Crippen molar-refractivity contribution in [2.24, 2.45) is 0 Å². The van der Waals surface area contributed by atoms with Crippen LogP contribution in [0.5, 0.6) is 0 Å². The second-order valence-electron chi connectivity index (χ2n) is 4.45. The van der Waals surface area contributed by atoms with Crippen LogP contribution in [0.25, 0.3) is 5.69 Å². The Labute approximate surface area is 129 Å². The number of carbonyl (C=O) groups excluding carboxylic acids is 1. The van der Waals surface area contributed by atoms with Crippen molar-refractivity contribution in [1.82, 2.24) is 20.3 Å². The zero-order valence-corrected chi connectivity index (χ0v) is 12.2. The molecule has 22 heavy (non-hydrogen) atoms. The van der Waals surface area contributed by atoms with E-state index in [1.165, 1.54) is 24.3 Å². The molecule has 0 fully saturated rings. The molecule has 1 aromatic carbocycles. The predicted molar refractivity (Wildman–Crippen MR) is 81.5 cm³/mol. The summed E-state index contributed by atoms with van der Waals surface area (Å²) in [6, 6.07) is 7.07. The van der Waals surface area contributed by atoms with Crippen LogP contribution < -0.4 is 10.6 Å². The Morgan fingerprint density at radius 2 is 2.09 bits per heavy atom. The van der Waals surface area contributed by atoms with Crippen LogP contribution in [0.3, 0.4) is 0 Å². The lowest BCUT2D eigenvalue weighted by Gasteiger charge is -2.05. The third kappa shape index (κ3) is 3.47. The first kappa shape index (κ1) is 14.2. The molecule has 0 bridgehead atoms. The Morgan fingerprint density at radius 3 is 2.82 bits per heavy atom. The highest BCUT2D eigenvalue weighted by Gasteiger charge is 2.06. The summed E-state index contributed by atoms with van der Waals surface area (Å²) in [4.78, 5) is 11.7. The van der Waals surface area contributed by atoms with Gasteiger partial charge in [-0.2, -0.15) is 11.3 Å². The summed E-state index contributed by atoms with van der Waals surface area (Å²) in [6.45, 7) is 0.247. The van der Waals surface area contributed by atoms with E-state index in [2.05, 4.69) is 20.9 Å². The first-order valence-corrected chi connectivity index (χ1v) is 7.39. The lowest BCUT2D eigenvalue weighted by atomic mass is 10.3. The van der Waals surface area contributed by atoms with Gasteiger partial charge in [0.25, 0.3) is 0 Å². The van der Waals surface area contributed by atoms with Gasteiger partial charge in [0.15, 0.2) is 0 Å². The first-order valence-electron chi connectivity index (χ1n) is 6.45. The lowest BCUT2D eigenvalue weighted by molar-refractivity contribution is 0.251. The number of hydrogen-bond acceptors (Lipinski definition) is 4. The molecule has 0 aliphatic rings. The van der Waals surface area contributed by atoms with Crippen LogP contribution in [0.1, 0.15) is 5.69 Å². The molecule has 112 valence electrons. The fourth-order valence-electron chi connectivity index (χ4n) is 1.77. The second kappa shape index (κ2) is 6.35. The zero-order valence-electron chi connectivity index (χ0n) is 11.4. The van der Waals surface area contributed by atoms with E-state index in [0.29, 0.717) is 11.4 Å². The molecule has 0 atom stereocenters. The molecule has 0 unspecified atom stereocenters. The van der Waals surface area contributed by atoms with Crippen molar-refractivity contribution < 1.29 is 9.18 Å². The van der Waals surface area contributed by atoms with Gasteiger partial charge in [-0.25, -0.2) is 13.9 Å².